The molecule has 2 aliphatic heterocycles. The molecule has 5 heterocycles. The van der Waals surface area contributed by atoms with Crippen molar-refractivity contribution in [2.24, 2.45) is 0 Å². The molecule has 5 rings (SSSR count). The van der Waals surface area contributed by atoms with E-state index in [1.165, 1.54) is 4.90 Å². The van der Waals surface area contributed by atoms with Crippen LogP contribution in [0, 0.1) is 27.7 Å². The molecule has 4 N–H and O–H groups in total. The molecule has 2 amide bonds. The quantitative estimate of drug-likeness (QED) is 0.237. The van der Waals surface area contributed by atoms with Crippen LogP contribution in [0.3, 0.4) is 0 Å². The standard InChI is InChI=1S/C32H42ClN9O3/c1-17(2)41-12-10-40(11-13-41)9-8-35-30(43)25-19(4)23(37-21(25)6)14-22-26-28(33)38-32(34)39-29(26)42(31(22)44)16-24-20(5)27(45-7)18(3)15-36-24/h14-15,17,37H,8-13,16H2,1-7H3,(H,35,43)(H2,34,38,39). The van der Waals surface area contributed by atoms with Crippen LogP contribution in [0.15, 0.2) is 6.20 Å². The van der Waals surface area contributed by atoms with Crippen LogP contribution in [0.5, 0.6) is 5.75 Å². The number of aromatic nitrogens is 4. The van der Waals surface area contributed by atoms with E-state index in [1.54, 1.807) is 19.4 Å². The highest BCUT2D eigenvalue weighted by Crippen LogP contribution is 2.42. The van der Waals surface area contributed by atoms with Crippen LogP contribution in [0.1, 0.15) is 63.5 Å². The highest BCUT2D eigenvalue weighted by Gasteiger charge is 2.38. The molecule has 0 unspecified atom stereocenters. The third-order valence-electron chi connectivity index (χ3n) is 8.76. The fraction of sp³-hybridized carbons (Fsp3) is 0.469. The molecule has 0 aliphatic carbocycles. The maximum Gasteiger partial charge on any atom is 0.260 e. The smallest absolute Gasteiger partial charge is 0.260 e. The lowest BCUT2D eigenvalue weighted by Crippen LogP contribution is -2.50. The number of rotatable bonds is 9. The number of carbonyl (C=O) groups excluding carboxylic acids is 2. The Morgan fingerprint density at radius 1 is 1.16 bits per heavy atom. The third-order valence-corrected chi connectivity index (χ3v) is 9.04. The van der Waals surface area contributed by atoms with Gasteiger partial charge < -0.3 is 20.8 Å². The molecule has 3 aromatic rings. The van der Waals surface area contributed by atoms with Crippen LogP contribution in [0.25, 0.3) is 11.6 Å². The van der Waals surface area contributed by atoms with E-state index in [-0.39, 0.29) is 29.5 Å². The van der Waals surface area contributed by atoms with Crippen LogP contribution in [0.4, 0.5) is 11.8 Å². The molecule has 12 nitrogen and oxygen atoms in total. The molecule has 3 aromatic heterocycles. The number of aromatic amines is 1. The molecule has 0 bridgehead atoms. The number of fused-ring (bicyclic) bond motifs is 1. The summed E-state index contributed by atoms with van der Waals surface area (Å²) < 4.78 is 5.57. The first-order chi connectivity index (χ1) is 21.4. The Balaban J connectivity index is 1.38. The summed E-state index contributed by atoms with van der Waals surface area (Å²) in [6.45, 7) is 17.5. The zero-order chi connectivity index (χ0) is 32.6. The largest absolute Gasteiger partial charge is 0.496 e. The number of anilines is 2. The predicted octanol–water partition coefficient (Wildman–Crippen LogP) is 3.52. The third kappa shape index (κ3) is 6.40. The summed E-state index contributed by atoms with van der Waals surface area (Å²) in [5.74, 6) is 0.479. The highest BCUT2D eigenvalue weighted by atomic mass is 35.5. The number of carbonyl (C=O) groups is 2. The monoisotopic (exact) mass is 635 g/mol. The van der Waals surface area contributed by atoms with Crippen molar-refractivity contribution in [2.45, 2.75) is 54.1 Å². The maximum atomic E-state index is 14.0. The van der Waals surface area contributed by atoms with Gasteiger partial charge in [0.2, 0.25) is 5.95 Å². The molecule has 45 heavy (non-hydrogen) atoms. The molecule has 0 atom stereocenters. The van der Waals surface area contributed by atoms with E-state index in [4.69, 9.17) is 22.1 Å². The molecule has 0 radical (unpaired) electrons. The first-order valence-corrected chi connectivity index (χ1v) is 15.6. The first-order valence-electron chi connectivity index (χ1n) is 15.2. The van der Waals surface area contributed by atoms with Crippen molar-refractivity contribution in [1.82, 2.24) is 35.1 Å². The van der Waals surface area contributed by atoms with Crippen molar-refractivity contribution >= 4 is 46.8 Å². The normalized spacial score (nSPS) is 16.6. The molecule has 1 saturated heterocycles. The molecular weight excluding hydrogens is 594 g/mol. The van der Waals surface area contributed by atoms with E-state index in [9.17, 15) is 9.59 Å². The van der Waals surface area contributed by atoms with Gasteiger partial charge in [-0.25, -0.2) is 4.98 Å². The van der Waals surface area contributed by atoms with Crippen LogP contribution < -0.4 is 20.7 Å². The van der Waals surface area contributed by atoms with E-state index < -0.39 is 0 Å². The van der Waals surface area contributed by atoms with Gasteiger partial charge in [0.1, 0.15) is 10.9 Å². The Morgan fingerprint density at radius 3 is 2.53 bits per heavy atom. The second-order valence-electron chi connectivity index (χ2n) is 12.0. The summed E-state index contributed by atoms with van der Waals surface area (Å²) in [6, 6.07) is 0.548. The van der Waals surface area contributed by atoms with Crippen molar-refractivity contribution in [3.8, 4) is 5.75 Å². The minimum Gasteiger partial charge on any atom is -0.496 e. The number of piperazine rings is 1. The number of hydrogen-bond donors (Lipinski definition) is 3. The first kappa shape index (κ1) is 32.4. The highest BCUT2D eigenvalue weighted by molar-refractivity contribution is 6.41. The second-order valence-corrected chi connectivity index (χ2v) is 12.3. The number of ether oxygens (including phenoxy) is 1. The summed E-state index contributed by atoms with van der Waals surface area (Å²) in [5.41, 5.74) is 11.6. The minimum absolute atomic E-state index is 0.0448. The number of nitrogens with zero attached hydrogens (tertiary/aromatic N) is 6. The Bertz CT molecular complexity index is 1660. The number of methoxy groups -OCH3 is 1. The number of pyridine rings is 1. The van der Waals surface area contributed by atoms with Crippen LogP contribution in [-0.4, -0.2) is 94.0 Å². The Labute approximate surface area is 269 Å². The Kier molecular flexibility index (Phi) is 9.47. The number of aryl methyl sites for hydroxylation is 2. The topological polar surface area (TPSA) is 146 Å². The zero-order valence-corrected chi connectivity index (χ0v) is 27.8. The Morgan fingerprint density at radius 2 is 1.87 bits per heavy atom. The summed E-state index contributed by atoms with van der Waals surface area (Å²) in [4.78, 5) is 50.0. The summed E-state index contributed by atoms with van der Waals surface area (Å²) in [6.07, 6.45) is 3.42. The molecule has 2 aliphatic rings. The summed E-state index contributed by atoms with van der Waals surface area (Å²) in [5, 5.41) is 3.15. The minimum atomic E-state index is -0.331. The fourth-order valence-corrected chi connectivity index (χ4v) is 6.47. The van der Waals surface area contributed by atoms with Gasteiger partial charge >= 0.3 is 0 Å². The lowest BCUT2D eigenvalue weighted by Gasteiger charge is -2.36. The Hall–Kier alpha value is -4.00. The summed E-state index contributed by atoms with van der Waals surface area (Å²) >= 11 is 6.57. The number of amides is 2. The summed E-state index contributed by atoms with van der Waals surface area (Å²) in [7, 11) is 1.61. The van der Waals surface area contributed by atoms with Gasteiger partial charge in [-0.2, -0.15) is 4.98 Å². The van der Waals surface area contributed by atoms with E-state index in [2.05, 4.69) is 48.9 Å². The molecule has 240 valence electrons. The van der Waals surface area contributed by atoms with Crippen LogP contribution in [-0.2, 0) is 11.3 Å². The van der Waals surface area contributed by atoms with Gasteiger partial charge in [-0.15, -0.1) is 0 Å². The molecule has 0 saturated carbocycles. The van der Waals surface area contributed by atoms with Gasteiger partial charge in [-0.3, -0.25) is 29.3 Å². The van der Waals surface area contributed by atoms with Crippen molar-refractivity contribution in [1.29, 1.82) is 0 Å². The van der Waals surface area contributed by atoms with Crippen LogP contribution in [0.2, 0.25) is 5.15 Å². The zero-order valence-electron chi connectivity index (χ0n) is 27.0. The van der Waals surface area contributed by atoms with E-state index in [0.29, 0.717) is 57.9 Å². The van der Waals surface area contributed by atoms with Gasteiger partial charge in [-0.05, 0) is 53.2 Å². The number of nitrogens with one attached hydrogen (secondary N) is 2. The lowest BCUT2D eigenvalue weighted by atomic mass is 10.1. The van der Waals surface area contributed by atoms with Gasteiger partial charge in [0, 0.05) is 74.0 Å². The van der Waals surface area contributed by atoms with Crippen molar-refractivity contribution < 1.29 is 14.3 Å². The van der Waals surface area contributed by atoms with E-state index >= 15 is 0 Å². The number of nitrogen functional groups attached to an aromatic ring is 1. The SMILES string of the molecule is COc1c(C)cnc(CN2C(=O)C(=Cc3[nH]c(C)c(C(=O)NCCN4CCN(C(C)C)CC4)c3C)c3c(Cl)nc(N)nc32)c1C. The van der Waals surface area contributed by atoms with Crippen molar-refractivity contribution in [3.05, 3.63) is 56.2 Å². The van der Waals surface area contributed by atoms with Crippen molar-refractivity contribution in [2.75, 3.05) is 57.0 Å². The van der Waals surface area contributed by atoms with E-state index in [0.717, 1.165) is 49.4 Å². The van der Waals surface area contributed by atoms with E-state index in [1.807, 2.05) is 27.7 Å². The van der Waals surface area contributed by atoms with Gasteiger partial charge in [0.15, 0.2) is 5.82 Å². The number of nitrogens with two attached hydrogens (primary N) is 1. The second kappa shape index (κ2) is 13.2. The molecule has 0 spiro atoms. The maximum absolute atomic E-state index is 14.0. The van der Waals surface area contributed by atoms with Gasteiger partial charge in [0.05, 0.1) is 36.0 Å². The van der Waals surface area contributed by atoms with Crippen molar-refractivity contribution in [3.63, 3.8) is 0 Å². The van der Waals surface area contributed by atoms with Gasteiger partial charge in [-0.1, -0.05) is 11.6 Å². The molecule has 0 aromatic carbocycles. The fourth-order valence-electron chi connectivity index (χ4n) is 6.20. The number of hydrogen-bond acceptors (Lipinski definition) is 9. The van der Waals surface area contributed by atoms with Gasteiger partial charge in [0.25, 0.3) is 11.8 Å². The molecule has 1 fully saturated rings. The number of H-pyrrole nitrogens is 1. The average Bonchev–Trinajstić information content (AvgIpc) is 3.41. The number of halogens is 1. The van der Waals surface area contributed by atoms with Crippen LogP contribution >= 0.6 is 11.6 Å². The molecular formula is C32H42ClN9O3. The predicted molar refractivity (Wildman–Crippen MR) is 177 cm³/mol. The molecule has 13 heteroatoms. The lowest BCUT2D eigenvalue weighted by molar-refractivity contribution is -0.113. The average molecular weight is 636 g/mol.